The number of carbonyl (C=O) groups excluding carboxylic acids is 1. The summed E-state index contributed by atoms with van der Waals surface area (Å²) >= 11 is 9.10. The molecule has 7 heteroatoms. The third-order valence-electron chi connectivity index (χ3n) is 3.63. The summed E-state index contributed by atoms with van der Waals surface area (Å²) in [5.74, 6) is 0.704. The first kappa shape index (κ1) is 19.6. The summed E-state index contributed by atoms with van der Waals surface area (Å²) in [6.07, 6.45) is 5.23. The zero-order valence-corrected chi connectivity index (χ0v) is 16.9. The molecule has 2 aromatic carbocycles. The van der Waals surface area contributed by atoms with Crippen LogP contribution in [0.2, 0.25) is 5.02 Å². The van der Waals surface area contributed by atoms with Gasteiger partial charge in [0.05, 0.1) is 0 Å². The SMILES string of the molecule is O=C(/C=C/c1ccccc1Cl)Nc1nnc(SCCCc2ccccc2)s1. The van der Waals surface area contributed by atoms with Gasteiger partial charge in [0.25, 0.3) is 0 Å². The normalized spacial score (nSPS) is 11.0. The number of halogens is 1. The van der Waals surface area contributed by atoms with Gasteiger partial charge >= 0.3 is 0 Å². The molecule has 1 amide bonds. The molecule has 0 aliphatic rings. The van der Waals surface area contributed by atoms with Crippen molar-refractivity contribution in [2.24, 2.45) is 0 Å². The summed E-state index contributed by atoms with van der Waals surface area (Å²) in [4.78, 5) is 12.0. The highest BCUT2D eigenvalue weighted by Crippen LogP contribution is 2.26. The van der Waals surface area contributed by atoms with E-state index in [0.717, 1.165) is 28.5 Å². The molecular weight excluding hydrogens is 398 g/mol. The van der Waals surface area contributed by atoms with Crippen molar-refractivity contribution in [2.45, 2.75) is 17.2 Å². The maximum Gasteiger partial charge on any atom is 0.250 e. The molecule has 0 saturated carbocycles. The predicted octanol–water partition coefficient (Wildman–Crippen LogP) is 5.57. The van der Waals surface area contributed by atoms with E-state index in [0.29, 0.717) is 10.2 Å². The highest BCUT2D eigenvalue weighted by molar-refractivity contribution is 8.01. The fraction of sp³-hybridized carbons (Fsp3) is 0.150. The van der Waals surface area contributed by atoms with E-state index in [4.69, 9.17) is 11.6 Å². The van der Waals surface area contributed by atoms with Gasteiger partial charge in [-0.1, -0.05) is 83.2 Å². The Morgan fingerprint density at radius 2 is 1.89 bits per heavy atom. The van der Waals surface area contributed by atoms with Crippen LogP contribution in [0.3, 0.4) is 0 Å². The molecule has 4 nitrogen and oxygen atoms in total. The number of aryl methyl sites for hydroxylation is 1. The number of thioether (sulfide) groups is 1. The van der Waals surface area contributed by atoms with Crippen molar-refractivity contribution >= 4 is 51.8 Å². The Labute approximate surface area is 171 Å². The number of hydrogen-bond donors (Lipinski definition) is 1. The van der Waals surface area contributed by atoms with Crippen LogP contribution in [-0.2, 0) is 11.2 Å². The Bertz CT molecular complexity index is 912. The van der Waals surface area contributed by atoms with Crippen molar-refractivity contribution in [3.63, 3.8) is 0 Å². The Kier molecular flexibility index (Phi) is 7.45. The van der Waals surface area contributed by atoms with Crippen LogP contribution in [0.5, 0.6) is 0 Å². The standard InChI is InChI=1S/C20H18ClN3OS2/c21-17-11-5-4-10-16(17)12-13-18(25)22-19-23-24-20(27-19)26-14-6-9-15-7-2-1-3-8-15/h1-5,7-8,10-13H,6,9,14H2,(H,22,23,25)/b13-12+. The molecule has 3 rings (SSSR count). The monoisotopic (exact) mass is 415 g/mol. The van der Waals surface area contributed by atoms with E-state index in [1.165, 1.54) is 23.0 Å². The Hall–Kier alpha value is -2.15. The number of hydrogen-bond acceptors (Lipinski definition) is 5. The van der Waals surface area contributed by atoms with Crippen LogP contribution in [0.25, 0.3) is 6.08 Å². The van der Waals surface area contributed by atoms with E-state index in [2.05, 4.69) is 39.8 Å². The molecular formula is C20H18ClN3OS2. The zero-order chi connectivity index (χ0) is 18.9. The van der Waals surface area contributed by atoms with Crippen molar-refractivity contribution < 1.29 is 4.79 Å². The lowest BCUT2D eigenvalue weighted by Gasteiger charge is -1.99. The fourth-order valence-electron chi connectivity index (χ4n) is 2.32. The molecule has 1 aromatic heterocycles. The summed E-state index contributed by atoms with van der Waals surface area (Å²) in [6.45, 7) is 0. The van der Waals surface area contributed by atoms with Crippen LogP contribution >= 0.6 is 34.7 Å². The number of aromatic nitrogens is 2. The highest BCUT2D eigenvalue weighted by atomic mass is 35.5. The van der Waals surface area contributed by atoms with Gasteiger partial charge in [0.2, 0.25) is 11.0 Å². The average Bonchev–Trinajstić information content (AvgIpc) is 3.12. The maximum atomic E-state index is 12.0. The molecule has 0 atom stereocenters. The smallest absolute Gasteiger partial charge is 0.250 e. The van der Waals surface area contributed by atoms with Gasteiger partial charge in [-0.2, -0.15) is 0 Å². The third-order valence-corrected chi connectivity index (χ3v) is 6.04. The largest absolute Gasteiger partial charge is 0.297 e. The number of nitrogens with one attached hydrogen (secondary N) is 1. The van der Waals surface area contributed by atoms with Crippen LogP contribution in [0.4, 0.5) is 5.13 Å². The van der Waals surface area contributed by atoms with Gasteiger partial charge in [-0.3, -0.25) is 10.1 Å². The molecule has 0 radical (unpaired) electrons. The predicted molar refractivity (Wildman–Crippen MR) is 115 cm³/mol. The molecule has 1 heterocycles. The van der Waals surface area contributed by atoms with Gasteiger partial charge in [-0.15, -0.1) is 10.2 Å². The second-order valence-corrected chi connectivity index (χ2v) is 8.38. The summed E-state index contributed by atoms with van der Waals surface area (Å²) in [5, 5.41) is 12.0. The Morgan fingerprint density at radius 1 is 1.11 bits per heavy atom. The summed E-state index contributed by atoms with van der Waals surface area (Å²) < 4.78 is 0.855. The Morgan fingerprint density at radius 3 is 2.70 bits per heavy atom. The van der Waals surface area contributed by atoms with Gasteiger partial charge in [-0.05, 0) is 36.1 Å². The first-order valence-corrected chi connectivity index (χ1v) is 10.6. The molecule has 138 valence electrons. The second-order valence-electron chi connectivity index (χ2n) is 5.65. The van der Waals surface area contributed by atoms with E-state index in [9.17, 15) is 4.79 Å². The molecule has 0 saturated heterocycles. The lowest BCUT2D eigenvalue weighted by Crippen LogP contribution is -2.07. The van der Waals surface area contributed by atoms with Crippen molar-refractivity contribution in [1.29, 1.82) is 0 Å². The van der Waals surface area contributed by atoms with Crippen LogP contribution in [0, 0.1) is 0 Å². The highest BCUT2D eigenvalue weighted by Gasteiger charge is 2.07. The number of rotatable bonds is 8. The van der Waals surface area contributed by atoms with E-state index >= 15 is 0 Å². The fourth-order valence-corrected chi connectivity index (χ4v) is 4.29. The number of carbonyl (C=O) groups is 1. The van der Waals surface area contributed by atoms with Crippen molar-refractivity contribution in [2.75, 3.05) is 11.1 Å². The molecule has 0 fully saturated rings. The average molecular weight is 416 g/mol. The van der Waals surface area contributed by atoms with Crippen LogP contribution in [-0.4, -0.2) is 21.9 Å². The molecule has 27 heavy (non-hydrogen) atoms. The maximum absolute atomic E-state index is 12.0. The van der Waals surface area contributed by atoms with Crippen LogP contribution < -0.4 is 5.32 Å². The topological polar surface area (TPSA) is 54.9 Å². The van der Waals surface area contributed by atoms with E-state index in [-0.39, 0.29) is 5.91 Å². The summed E-state index contributed by atoms with van der Waals surface area (Å²) in [6, 6.07) is 17.8. The number of benzene rings is 2. The molecule has 1 N–H and O–H groups in total. The second kappa shape index (κ2) is 10.3. The molecule has 3 aromatic rings. The number of anilines is 1. The summed E-state index contributed by atoms with van der Waals surface area (Å²) in [5.41, 5.74) is 2.13. The first-order chi connectivity index (χ1) is 13.2. The van der Waals surface area contributed by atoms with Gasteiger partial charge < -0.3 is 0 Å². The van der Waals surface area contributed by atoms with Crippen molar-refractivity contribution in [3.8, 4) is 0 Å². The van der Waals surface area contributed by atoms with Gasteiger partial charge in [0.15, 0.2) is 4.34 Å². The molecule has 0 aliphatic heterocycles. The molecule has 0 aliphatic carbocycles. The number of amides is 1. The first-order valence-electron chi connectivity index (χ1n) is 8.44. The van der Waals surface area contributed by atoms with E-state index < -0.39 is 0 Å². The minimum Gasteiger partial charge on any atom is -0.297 e. The third kappa shape index (κ3) is 6.50. The number of nitrogens with zero attached hydrogens (tertiary/aromatic N) is 2. The van der Waals surface area contributed by atoms with E-state index in [1.807, 2.05) is 24.3 Å². The van der Waals surface area contributed by atoms with Gasteiger partial charge in [0, 0.05) is 16.9 Å². The van der Waals surface area contributed by atoms with Gasteiger partial charge in [-0.25, -0.2) is 0 Å². The molecule has 0 unspecified atom stereocenters. The summed E-state index contributed by atoms with van der Waals surface area (Å²) in [7, 11) is 0. The van der Waals surface area contributed by atoms with Crippen molar-refractivity contribution in [1.82, 2.24) is 10.2 Å². The molecule has 0 bridgehead atoms. The van der Waals surface area contributed by atoms with E-state index in [1.54, 1.807) is 23.9 Å². The lowest BCUT2D eigenvalue weighted by molar-refractivity contribution is -0.111. The quantitative estimate of drug-likeness (QED) is 0.226. The molecule has 0 spiro atoms. The minimum absolute atomic E-state index is 0.258. The Balaban J connectivity index is 1.43. The van der Waals surface area contributed by atoms with Crippen LogP contribution in [0.15, 0.2) is 65.0 Å². The zero-order valence-electron chi connectivity index (χ0n) is 14.5. The minimum atomic E-state index is -0.258. The van der Waals surface area contributed by atoms with Crippen molar-refractivity contribution in [3.05, 3.63) is 76.8 Å². The van der Waals surface area contributed by atoms with Gasteiger partial charge in [0.1, 0.15) is 0 Å². The van der Waals surface area contributed by atoms with Crippen LogP contribution in [0.1, 0.15) is 17.5 Å². The lowest BCUT2D eigenvalue weighted by atomic mass is 10.1.